The number of carboxylic acids is 1. The summed E-state index contributed by atoms with van der Waals surface area (Å²) in [6.45, 7) is 1.88. The van der Waals surface area contributed by atoms with Gasteiger partial charge < -0.3 is 10.4 Å². The van der Waals surface area contributed by atoms with Crippen LogP contribution in [0.1, 0.15) is 24.2 Å². The topological polar surface area (TPSA) is 86.7 Å². The number of rotatable bonds is 5. The van der Waals surface area contributed by atoms with Crippen LogP contribution in [-0.2, 0) is 9.59 Å². The van der Waals surface area contributed by atoms with Gasteiger partial charge in [0.15, 0.2) is 5.78 Å². The molecular formula is C17H19F3N2O4. The molecule has 142 valence electrons. The summed E-state index contributed by atoms with van der Waals surface area (Å²) in [6, 6.07) is 5.22. The van der Waals surface area contributed by atoms with Gasteiger partial charge in [0.2, 0.25) is 5.91 Å². The number of halogens is 3. The molecule has 6 nitrogen and oxygen atoms in total. The average Bonchev–Trinajstić information content (AvgIpc) is 3.00. The van der Waals surface area contributed by atoms with Gasteiger partial charge in [0.05, 0.1) is 17.9 Å². The number of carboxylic acid groups (broad SMARTS) is 1. The lowest BCUT2D eigenvalue weighted by Gasteiger charge is -2.23. The van der Waals surface area contributed by atoms with Crippen molar-refractivity contribution in [3.63, 3.8) is 0 Å². The van der Waals surface area contributed by atoms with Crippen LogP contribution in [0.5, 0.6) is 0 Å². The number of alkyl halides is 3. The number of aliphatic carboxylic acids is 1. The maximum atomic E-state index is 13.1. The molecule has 9 heteroatoms. The van der Waals surface area contributed by atoms with Gasteiger partial charge in [0.25, 0.3) is 0 Å². The summed E-state index contributed by atoms with van der Waals surface area (Å²) >= 11 is 0. The molecule has 1 saturated heterocycles. The highest BCUT2D eigenvalue weighted by Gasteiger charge is 2.53. The average molecular weight is 372 g/mol. The Morgan fingerprint density at radius 1 is 1.27 bits per heavy atom. The number of carbonyl (C=O) groups is 3. The molecule has 0 spiro atoms. The van der Waals surface area contributed by atoms with Crippen molar-refractivity contribution in [3.05, 3.63) is 29.8 Å². The summed E-state index contributed by atoms with van der Waals surface area (Å²) in [5, 5.41) is 11.6. The molecule has 0 saturated carbocycles. The Kier molecular flexibility index (Phi) is 5.70. The number of hydrogen-bond acceptors (Lipinski definition) is 4. The first-order chi connectivity index (χ1) is 12.0. The predicted molar refractivity (Wildman–Crippen MR) is 86.8 cm³/mol. The van der Waals surface area contributed by atoms with Crippen molar-refractivity contribution >= 4 is 23.3 Å². The Labute approximate surface area is 148 Å². The monoisotopic (exact) mass is 372 g/mol. The SMILES string of the molecule is CC(=O)c1cccc(NC(=O)C(C)N2C[C@@H](C(F)(F)F)[C@H](C(=O)O)C2)c1. The Morgan fingerprint density at radius 3 is 2.42 bits per heavy atom. The van der Waals surface area contributed by atoms with E-state index >= 15 is 0 Å². The molecule has 26 heavy (non-hydrogen) atoms. The van der Waals surface area contributed by atoms with Crippen LogP contribution in [0.3, 0.4) is 0 Å². The van der Waals surface area contributed by atoms with Crippen LogP contribution in [0.25, 0.3) is 0 Å². The number of anilines is 1. The first kappa shape index (κ1) is 19.9. The highest BCUT2D eigenvalue weighted by molar-refractivity contribution is 5.98. The van der Waals surface area contributed by atoms with E-state index in [0.29, 0.717) is 11.3 Å². The second kappa shape index (κ2) is 7.45. The largest absolute Gasteiger partial charge is 0.481 e. The third kappa shape index (κ3) is 4.40. The molecule has 1 aliphatic rings. The van der Waals surface area contributed by atoms with E-state index in [1.165, 1.54) is 24.8 Å². The molecule has 0 aliphatic carbocycles. The summed E-state index contributed by atoms with van der Waals surface area (Å²) in [5.74, 6) is -5.91. The molecule has 1 unspecified atom stereocenters. The fourth-order valence-electron chi connectivity index (χ4n) is 2.96. The van der Waals surface area contributed by atoms with Crippen LogP contribution >= 0.6 is 0 Å². The van der Waals surface area contributed by atoms with Crippen LogP contribution in [0.2, 0.25) is 0 Å². The van der Waals surface area contributed by atoms with Gasteiger partial charge in [0.1, 0.15) is 0 Å². The predicted octanol–water partition coefficient (Wildman–Crippen LogP) is 2.41. The Bertz CT molecular complexity index is 720. The van der Waals surface area contributed by atoms with Crippen molar-refractivity contribution < 1.29 is 32.7 Å². The standard InChI is InChI=1S/C17H19F3N2O4/c1-9(15(24)21-12-5-3-4-11(6-12)10(2)23)22-7-13(16(25)26)14(8-22)17(18,19)20/h3-6,9,13-14H,7-8H2,1-2H3,(H,21,24)(H,25,26)/t9?,13-,14-/m1/s1. The maximum Gasteiger partial charge on any atom is 0.393 e. The molecule has 3 atom stereocenters. The lowest BCUT2D eigenvalue weighted by molar-refractivity contribution is -0.188. The number of carbonyl (C=O) groups excluding carboxylic acids is 2. The number of amides is 1. The highest BCUT2D eigenvalue weighted by atomic mass is 19.4. The summed E-state index contributed by atoms with van der Waals surface area (Å²) in [6.07, 6.45) is -4.65. The maximum absolute atomic E-state index is 13.1. The highest BCUT2D eigenvalue weighted by Crippen LogP contribution is 2.38. The van der Waals surface area contributed by atoms with Gasteiger partial charge in [-0.05, 0) is 26.0 Å². The Balaban J connectivity index is 2.10. The smallest absolute Gasteiger partial charge is 0.393 e. The van der Waals surface area contributed by atoms with E-state index in [-0.39, 0.29) is 12.3 Å². The van der Waals surface area contributed by atoms with Crippen LogP contribution in [0, 0.1) is 11.8 Å². The molecule has 2 N–H and O–H groups in total. The zero-order chi connectivity index (χ0) is 19.6. The van der Waals surface area contributed by atoms with Gasteiger partial charge in [-0.15, -0.1) is 0 Å². The molecule has 2 rings (SSSR count). The fraction of sp³-hybridized carbons (Fsp3) is 0.471. The minimum atomic E-state index is -4.65. The number of Topliss-reactive ketones (excluding diaryl/α,β-unsaturated/α-hetero) is 1. The minimum Gasteiger partial charge on any atom is -0.481 e. The molecule has 1 aromatic carbocycles. The van der Waals surface area contributed by atoms with Gasteiger partial charge in [-0.1, -0.05) is 12.1 Å². The third-order valence-electron chi connectivity index (χ3n) is 4.55. The number of benzene rings is 1. The van der Waals surface area contributed by atoms with E-state index in [2.05, 4.69) is 5.32 Å². The zero-order valence-corrected chi connectivity index (χ0v) is 14.2. The number of ketones is 1. The van der Waals surface area contributed by atoms with Crippen molar-refractivity contribution in [3.8, 4) is 0 Å². The lowest BCUT2D eigenvalue weighted by atomic mass is 9.96. The lowest BCUT2D eigenvalue weighted by Crippen LogP contribution is -2.41. The van der Waals surface area contributed by atoms with E-state index in [9.17, 15) is 27.6 Å². The van der Waals surface area contributed by atoms with E-state index in [0.717, 1.165) is 0 Å². The normalized spacial score (nSPS) is 22.0. The van der Waals surface area contributed by atoms with Gasteiger partial charge >= 0.3 is 12.1 Å². The first-order valence-corrected chi connectivity index (χ1v) is 7.96. The molecule has 1 aliphatic heterocycles. The molecular weight excluding hydrogens is 353 g/mol. The van der Waals surface area contributed by atoms with Crippen molar-refractivity contribution in [2.45, 2.75) is 26.1 Å². The fourth-order valence-corrected chi connectivity index (χ4v) is 2.96. The van der Waals surface area contributed by atoms with Gasteiger partial charge in [0, 0.05) is 24.3 Å². The summed E-state index contributed by atoms with van der Waals surface area (Å²) in [5.41, 5.74) is 0.732. The van der Waals surface area contributed by atoms with Crippen LogP contribution in [-0.4, -0.2) is 53.0 Å². The molecule has 1 amide bonds. The van der Waals surface area contributed by atoms with Crippen LogP contribution in [0.15, 0.2) is 24.3 Å². The van der Waals surface area contributed by atoms with E-state index in [1.54, 1.807) is 18.2 Å². The number of nitrogens with one attached hydrogen (secondary N) is 1. The van der Waals surface area contributed by atoms with Gasteiger partial charge in [-0.25, -0.2) is 0 Å². The van der Waals surface area contributed by atoms with E-state index < -0.39 is 42.5 Å². The first-order valence-electron chi connectivity index (χ1n) is 7.96. The molecule has 1 aromatic rings. The Hall–Kier alpha value is -2.42. The van der Waals surface area contributed by atoms with E-state index in [4.69, 9.17) is 5.11 Å². The van der Waals surface area contributed by atoms with Crippen molar-refractivity contribution in [2.24, 2.45) is 11.8 Å². The minimum absolute atomic E-state index is 0.189. The van der Waals surface area contributed by atoms with Crippen LogP contribution < -0.4 is 5.32 Å². The molecule has 1 fully saturated rings. The number of hydrogen-bond donors (Lipinski definition) is 2. The Morgan fingerprint density at radius 2 is 1.92 bits per heavy atom. The van der Waals surface area contributed by atoms with Gasteiger partial charge in [-0.3, -0.25) is 19.3 Å². The van der Waals surface area contributed by atoms with Gasteiger partial charge in [-0.2, -0.15) is 13.2 Å². The molecule has 0 radical (unpaired) electrons. The summed E-state index contributed by atoms with van der Waals surface area (Å²) < 4.78 is 39.2. The van der Waals surface area contributed by atoms with Crippen LogP contribution in [0.4, 0.5) is 18.9 Å². The second-order valence-electron chi connectivity index (χ2n) is 6.35. The number of nitrogens with zero attached hydrogens (tertiary/aromatic N) is 1. The molecule has 0 aromatic heterocycles. The number of likely N-dealkylation sites (tertiary alicyclic amines) is 1. The second-order valence-corrected chi connectivity index (χ2v) is 6.35. The van der Waals surface area contributed by atoms with Crippen molar-refractivity contribution in [1.82, 2.24) is 4.90 Å². The van der Waals surface area contributed by atoms with Crippen molar-refractivity contribution in [2.75, 3.05) is 18.4 Å². The van der Waals surface area contributed by atoms with Crippen molar-refractivity contribution in [1.29, 1.82) is 0 Å². The zero-order valence-electron chi connectivity index (χ0n) is 14.2. The quantitative estimate of drug-likeness (QED) is 0.775. The molecule has 0 bridgehead atoms. The summed E-state index contributed by atoms with van der Waals surface area (Å²) in [4.78, 5) is 36.1. The summed E-state index contributed by atoms with van der Waals surface area (Å²) in [7, 11) is 0. The molecule has 1 heterocycles. The van der Waals surface area contributed by atoms with E-state index in [1.807, 2.05) is 0 Å². The third-order valence-corrected chi connectivity index (χ3v) is 4.55.